The second kappa shape index (κ2) is 14.0. The maximum absolute atomic E-state index is 12.5. The Morgan fingerprint density at radius 2 is 1.52 bits per heavy atom. The quantitative estimate of drug-likeness (QED) is 0.182. The number of hydrogen-bond donors (Lipinski definition) is 2. The van der Waals surface area contributed by atoms with Crippen LogP contribution < -0.4 is 0 Å². The molecule has 0 aromatic rings. The molecule has 0 radical (unpaired) electrons. The average Bonchev–Trinajstić information content (AvgIpc) is 2.49. The minimum atomic E-state index is -4.35. The minimum absolute atomic E-state index is 0.124. The Morgan fingerprint density at radius 3 is 2.04 bits per heavy atom. The van der Waals surface area contributed by atoms with Gasteiger partial charge in [-0.3, -0.25) is 9.13 Å². The molecule has 0 saturated heterocycles. The molecular weight excluding hydrogens is 402 g/mol. The molecule has 0 aromatic heterocycles. The first kappa shape index (κ1) is 26.9. The molecule has 1 atom stereocenters. The topological polar surface area (TPSA) is 83.8 Å². The standard InChI is InChI=1S/C19H36O5P2S/c1-6-24-25(20,15-26(21,22)23)16-27-14-13-19(5)12-8-11-18(4)10-7-9-17(2)3/h9,11,13H,6-8,10,12,14-16H2,1-5H3,(H2,21,22,23)/b18-11+,19-13+. The van der Waals surface area contributed by atoms with Gasteiger partial charge in [-0.25, -0.2) is 0 Å². The van der Waals surface area contributed by atoms with E-state index < -0.39 is 20.9 Å². The molecule has 1 unspecified atom stereocenters. The van der Waals surface area contributed by atoms with Crippen molar-refractivity contribution in [1.29, 1.82) is 0 Å². The average molecular weight is 439 g/mol. The van der Waals surface area contributed by atoms with Crippen molar-refractivity contribution in [3.63, 3.8) is 0 Å². The fourth-order valence-electron chi connectivity index (χ4n) is 2.37. The van der Waals surface area contributed by atoms with Gasteiger partial charge in [0.15, 0.2) is 0 Å². The van der Waals surface area contributed by atoms with E-state index in [1.165, 1.54) is 28.5 Å². The molecule has 0 spiro atoms. The molecule has 0 aliphatic heterocycles. The van der Waals surface area contributed by atoms with E-state index in [1.807, 2.05) is 0 Å². The van der Waals surface area contributed by atoms with Crippen LogP contribution in [0, 0.1) is 0 Å². The second-order valence-corrected chi connectivity index (χ2v) is 13.1. The Balaban J connectivity index is 4.29. The maximum atomic E-state index is 12.5. The van der Waals surface area contributed by atoms with Gasteiger partial charge in [0.25, 0.3) is 0 Å². The van der Waals surface area contributed by atoms with Crippen LogP contribution in [-0.4, -0.2) is 33.5 Å². The SMILES string of the molecule is CCOP(=O)(CSC/C=C(\C)CC/C=C(\C)CCC=C(C)C)CP(=O)(O)O. The zero-order valence-corrected chi connectivity index (χ0v) is 19.9. The molecule has 2 N–H and O–H groups in total. The van der Waals surface area contributed by atoms with Crippen molar-refractivity contribution in [2.75, 3.05) is 23.8 Å². The molecule has 0 saturated carbocycles. The molecule has 0 aliphatic rings. The van der Waals surface area contributed by atoms with Crippen molar-refractivity contribution >= 4 is 26.7 Å². The smallest absolute Gasteiger partial charge is 0.328 e. The molecule has 8 heteroatoms. The van der Waals surface area contributed by atoms with Gasteiger partial charge in [-0.1, -0.05) is 34.9 Å². The Morgan fingerprint density at radius 1 is 0.963 bits per heavy atom. The highest BCUT2D eigenvalue weighted by atomic mass is 32.2. The monoisotopic (exact) mass is 438 g/mol. The molecular formula is C19H36O5P2S. The van der Waals surface area contributed by atoms with Gasteiger partial charge in [0, 0.05) is 5.75 Å². The van der Waals surface area contributed by atoms with E-state index in [1.54, 1.807) is 6.92 Å². The molecule has 0 aliphatic carbocycles. The molecule has 0 rings (SSSR count). The third kappa shape index (κ3) is 16.6. The van der Waals surface area contributed by atoms with Crippen LogP contribution in [0.1, 0.15) is 60.3 Å². The molecule has 0 bridgehead atoms. The fourth-order valence-corrected chi connectivity index (χ4v) is 8.71. The lowest BCUT2D eigenvalue weighted by Crippen LogP contribution is -1.99. The molecule has 0 amide bonds. The first-order valence-corrected chi connectivity index (χ1v) is 14.2. The van der Waals surface area contributed by atoms with Crippen LogP contribution in [0.5, 0.6) is 0 Å². The fraction of sp³-hybridized carbons (Fsp3) is 0.684. The van der Waals surface area contributed by atoms with Gasteiger partial charge in [-0.2, -0.15) is 0 Å². The first-order chi connectivity index (χ1) is 12.5. The van der Waals surface area contributed by atoms with Crippen molar-refractivity contribution in [1.82, 2.24) is 0 Å². The Kier molecular flexibility index (Phi) is 13.9. The predicted octanol–water partition coefficient (Wildman–Crippen LogP) is 6.55. The van der Waals surface area contributed by atoms with Crippen LogP contribution in [0.4, 0.5) is 0 Å². The van der Waals surface area contributed by atoms with Crippen molar-refractivity contribution in [2.45, 2.75) is 60.3 Å². The van der Waals surface area contributed by atoms with E-state index in [4.69, 9.17) is 14.3 Å². The summed E-state index contributed by atoms with van der Waals surface area (Å²) in [6.45, 7) is 10.3. The highest BCUT2D eigenvalue weighted by Gasteiger charge is 2.32. The second-order valence-electron chi connectivity index (χ2n) is 7.00. The lowest BCUT2D eigenvalue weighted by atomic mass is 10.1. The van der Waals surface area contributed by atoms with Gasteiger partial charge >= 0.3 is 7.60 Å². The molecule has 27 heavy (non-hydrogen) atoms. The highest BCUT2D eigenvalue weighted by Crippen LogP contribution is 2.59. The van der Waals surface area contributed by atoms with Crippen LogP contribution >= 0.6 is 26.7 Å². The van der Waals surface area contributed by atoms with Gasteiger partial charge in [-0.15, -0.1) is 11.8 Å². The van der Waals surface area contributed by atoms with Crippen LogP contribution in [0.2, 0.25) is 0 Å². The third-order valence-corrected chi connectivity index (χ3v) is 10.4. The van der Waals surface area contributed by atoms with Crippen LogP contribution in [0.25, 0.3) is 0 Å². The normalized spacial score (nSPS) is 15.5. The summed E-state index contributed by atoms with van der Waals surface area (Å²) < 4.78 is 28.8. The maximum Gasteiger partial charge on any atom is 0.335 e. The van der Waals surface area contributed by atoms with Crippen molar-refractivity contribution in [3.05, 3.63) is 34.9 Å². The molecule has 0 aromatic carbocycles. The van der Waals surface area contributed by atoms with Gasteiger partial charge in [0.05, 0.1) is 12.1 Å². The molecule has 158 valence electrons. The number of allylic oxidation sites excluding steroid dienone is 5. The summed E-state index contributed by atoms with van der Waals surface area (Å²) in [6, 6.07) is 0. The summed E-state index contributed by atoms with van der Waals surface area (Å²) in [6.07, 6.45) is 10.8. The molecule has 0 heterocycles. The zero-order chi connectivity index (χ0) is 20.9. The van der Waals surface area contributed by atoms with E-state index in [0.29, 0.717) is 5.75 Å². The largest absolute Gasteiger partial charge is 0.335 e. The van der Waals surface area contributed by atoms with E-state index in [0.717, 1.165) is 25.7 Å². The van der Waals surface area contributed by atoms with Gasteiger partial charge in [0.2, 0.25) is 7.37 Å². The van der Waals surface area contributed by atoms with Crippen LogP contribution in [-0.2, 0) is 13.7 Å². The van der Waals surface area contributed by atoms with Crippen molar-refractivity contribution in [3.8, 4) is 0 Å². The third-order valence-electron chi connectivity index (χ3n) is 3.72. The van der Waals surface area contributed by atoms with E-state index in [9.17, 15) is 9.13 Å². The summed E-state index contributed by atoms with van der Waals surface area (Å²) >= 11 is 1.39. The van der Waals surface area contributed by atoms with E-state index in [2.05, 4.69) is 45.9 Å². The summed E-state index contributed by atoms with van der Waals surface area (Å²) in [5.41, 5.74) is 4.15. The Bertz CT molecular complexity index is 616. The van der Waals surface area contributed by atoms with Crippen molar-refractivity contribution in [2.24, 2.45) is 0 Å². The predicted molar refractivity (Wildman–Crippen MR) is 119 cm³/mol. The lowest BCUT2D eigenvalue weighted by Gasteiger charge is -2.17. The summed E-state index contributed by atoms with van der Waals surface area (Å²) in [4.78, 5) is 18.2. The summed E-state index contributed by atoms with van der Waals surface area (Å²) in [5.74, 6) is -0.0202. The van der Waals surface area contributed by atoms with Crippen LogP contribution in [0.3, 0.4) is 0 Å². The summed E-state index contributed by atoms with van der Waals surface area (Å²) in [7, 11) is -7.65. The van der Waals surface area contributed by atoms with Gasteiger partial charge < -0.3 is 14.3 Å². The lowest BCUT2D eigenvalue weighted by molar-refractivity contribution is 0.333. The molecule has 0 fully saturated rings. The minimum Gasteiger partial charge on any atom is -0.328 e. The van der Waals surface area contributed by atoms with E-state index >= 15 is 0 Å². The number of thioether (sulfide) groups is 1. The van der Waals surface area contributed by atoms with Crippen molar-refractivity contribution < 1.29 is 23.4 Å². The Labute approximate surface area is 169 Å². The molecule has 5 nitrogen and oxygen atoms in total. The first-order valence-electron chi connectivity index (χ1n) is 9.27. The van der Waals surface area contributed by atoms with Gasteiger partial charge in [-0.05, 0) is 60.3 Å². The van der Waals surface area contributed by atoms with E-state index in [-0.39, 0.29) is 12.1 Å². The van der Waals surface area contributed by atoms with Crippen LogP contribution in [0.15, 0.2) is 34.9 Å². The number of rotatable bonds is 14. The summed E-state index contributed by atoms with van der Waals surface area (Å²) in [5, 5.41) is 0. The Hall–Kier alpha value is -0.0900. The zero-order valence-electron chi connectivity index (χ0n) is 17.3. The van der Waals surface area contributed by atoms with Gasteiger partial charge in [0.1, 0.15) is 5.90 Å². The highest BCUT2D eigenvalue weighted by molar-refractivity contribution is 8.05. The number of hydrogen-bond acceptors (Lipinski definition) is 4.